The molecule has 0 aromatic carbocycles. The molecule has 2 rings (SSSR count). The molecule has 19 heavy (non-hydrogen) atoms. The number of nitrogens with one attached hydrogen (secondary N) is 1. The van der Waals surface area contributed by atoms with Gasteiger partial charge in [-0.25, -0.2) is 9.97 Å². The molecule has 4 nitrogen and oxygen atoms in total. The van der Waals surface area contributed by atoms with Gasteiger partial charge in [0.25, 0.3) is 0 Å². The van der Waals surface area contributed by atoms with Crippen LogP contribution in [0, 0.1) is 11.3 Å². The molecule has 2 heterocycles. The summed E-state index contributed by atoms with van der Waals surface area (Å²) in [7, 11) is 1.84. The predicted molar refractivity (Wildman–Crippen MR) is 78.3 cm³/mol. The van der Waals surface area contributed by atoms with Crippen molar-refractivity contribution >= 4 is 17.2 Å². The molecular formula is C14H16N4S. The fourth-order valence-corrected chi connectivity index (χ4v) is 2.34. The summed E-state index contributed by atoms with van der Waals surface area (Å²) in [5.74, 6) is 1.59. The molecular weight excluding hydrogens is 256 g/mol. The second kappa shape index (κ2) is 4.98. The number of aromatic nitrogens is 2. The molecule has 2 aromatic rings. The van der Waals surface area contributed by atoms with E-state index in [1.165, 1.54) is 11.3 Å². The minimum atomic E-state index is -0.114. The minimum absolute atomic E-state index is 0.114. The minimum Gasteiger partial charge on any atom is -0.373 e. The number of hydrogen-bond acceptors (Lipinski definition) is 5. The first-order valence-corrected chi connectivity index (χ1v) is 6.83. The number of thiophene rings is 1. The van der Waals surface area contributed by atoms with Gasteiger partial charge in [0.1, 0.15) is 22.6 Å². The molecule has 0 aliphatic heterocycles. The fraction of sp³-hybridized carbons (Fsp3) is 0.357. The van der Waals surface area contributed by atoms with Crippen LogP contribution in [0.1, 0.15) is 31.5 Å². The van der Waals surface area contributed by atoms with E-state index in [-0.39, 0.29) is 5.41 Å². The maximum atomic E-state index is 8.90. The molecule has 0 saturated heterocycles. The van der Waals surface area contributed by atoms with Crippen molar-refractivity contribution < 1.29 is 0 Å². The second-order valence-corrected chi connectivity index (χ2v) is 6.32. The number of nitrogens with zero attached hydrogens (tertiary/aromatic N) is 3. The van der Waals surface area contributed by atoms with Gasteiger partial charge in [-0.05, 0) is 12.1 Å². The van der Waals surface area contributed by atoms with E-state index in [0.29, 0.717) is 4.88 Å². The summed E-state index contributed by atoms with van der Waals surface area (Å²) in [6, 6.07) is 7.80. The topological polar surface area (TPSA) is 61.6 Å². The van der Waals surface area contributed by atoms with Crippen molar-refractivity contribution in [2.75, 3.05) is 12.4 Å². The Morgan fingerprint density at radius 3 is 2.53 bits per heavy atom. The number of nitriles is 1. The van der Waals surface area contributed by atoms with Crippen LogP contribution in [0.3, 0.4) is 0 Å². The van der Waals surface area contributed by atoms with Crippen LogP contribution in [0.25, 0.3) is 10.6 Å². The Balaban J connectivity index is 2.54. The Morgan fingerprint density at radius 2 is 2.00 bits per heavy atom. The van der Waals surface area contributed by atoms with E-state index in [2.05, 4.69) is 42.1 Å². The van der Waals surface area contributed by atoms with Crippen molar-refractivity contribution in [1.29, 1.82) is 5.26 Å². The van der Waals surface area contributed by atoms with Crippen molar-refractivity contribution in [2.45, 2.75) is 26.2 Å². The summed E-state index contributed by atoms with van der Waals surface area (Å²) in [5.41, 5.74) is 0.743. The SMILES string of the molecule is CNc1cc(-c2ccc(C#N)s2)nc(C(C)(C)C)n1. The van der Waals surface area contributed by atoms with Gasteiger partial charge in [0, 0.05) is 18.5 Å². The van der Waals surface area contributed by atoms with Gasteiger partial charge in [-0.15, -0.1) is 11.3 Å². The van der Waals surface area contributed by atoms with E-state index in [9.17, 15) is 0 Å². The quantitative estimate of drug-likeness (QED) is 0.910. The van der Waals surface area contributed by atoms with Crippen LogP contribution >= 0.6 is 11.3 Å². The Bertz CT molecular complexity index is 632. The fourth-order valence-electron chi connectivity index (χ4n) is 1.57. The van der Waals surface area contributed by atoms with Crippen LogP contribution < -0.4 is 5.32 Å². The van der Waals surface area contributed by atoms with E-state index in [0.717, 1.165) is 22.2 Å². The Hall–Kier alpha value is -1.93. The highest BCUT2D eigenvalue weighted by atomic mass is 32.1. The van der Waals surface area contributed by atoms with Crippen molar-refractivity contribution in [3.05, 3.63) is 28.9 Å². The Morgan fingerprint density at radius 1 is 1.26 bits per heavy atom. The molecule has 2 aromatic heterocycles. The summed E-state index contributed by atoms with van der Waals surface area (Å²) < 4.78 is 0. The number of rotatable bonds is 2. The number of anilines is 1. The molecule has 0 radical (unpaired) electrons. The third-order valence-electron chi connectivity index (χ3n) is 2.62. The van der Waals surface area contributed by atoms with Gasteiger partial charge in [-0.3, -0.25) is 0 Å². The van der Waals surface area contributed by atoms with E-state index in [4.69, 9.17) is 5.26 Å². The normalized spacial score (nSPS) is 11.1. The third kappa shape index (κ3) is 2.91. The highest BCUT2D eigenvalue weighted by Gasteiger charge is 2.19. The predicted octanol–water partition coefficient (Wildman–Crippen LogP) is 3.42. The summed E-state index contributed by atoms with van der Waals surface area (Å²) in [6.45, 7) is 6.25. The highest BCUT2D eigenvalue weighted by molar-refractivity contribution is 7.15. The first kappa shape index (κ1) is 13.5. The first-order valence-electron chi connectivity index (χ1n) is 6.01. The molecule has 5 heteroatoms. The van der Waals surface area contributed by atoms with Crippen LogP contribution in [0.15, 0.2) is 18.2 Å². The largest absolute Gasteiger partial charge is 0.373 e. The lowest BCUT2D eigenvalue weighted by atomic mass is 9.95. The summed E-state index contributed by atoms with van der Waals surface area (Å²) in [5, 5.41) is 12.0. The van der Waals surface area contributed by atoms with Gasteiger partial charge >= 0.3 is 0 Å². The standard InChI is InChI=1S/C14H16N4S/c1-14(2,3)13-17-10(7-12(16-4)18-13)11-6-5-9(8-15)19-11/h5-7H,1-4H3,(H,16,17,18). The molecule has 98 valence electrons. The Kier molecular flexibility index (Phi) is 3.54. The van der Waals surface area contributed by atoms with E-state index < -0.39 is 0 Å². The van der Waals surface area contributed by atoms with Crippen LogP contribution in [-0.4, -0.2) is 17.0 Å². The van der Waals surface area contributed by atoms with Gasteiger partial charge in [-0.1, -0.05) is 20.8 Å². The van der Waals surface area contributed by atoms with E-state index in [1.54, 1.807) is 0 Å². The van der Waals surface area contributed by atoms with Crippen molar-refractivity contribution in [1.82, 2.24) is 9.97 Å². The molecule has 0 saturated carbocycles. The summed E-state index contributed by atoms with van der Waals surface area (Å²) in [6.07, 6.45) is 0. The molecule has 0 fully saturated rings. The zero-order valence-electron chi connectivity index (χ0n) is 11.5. The first-order chi connectivity index (χ1) is 8.94. The van der Waals surface area contributed by atoms with Crippen LogP contribution in [0.4, 0.5) is 5.82 Å². The van der Waals surface area contributed by atoms with Crippen LogP contribution in [0.2, 0.25) is 0 Å². The maximum absolute atomic E-state index is 8.90. The zero-order chi connectivity index (χ0) is 14.0. The summed E-state index contributed by atoms with van der Waals surface area (Å²) >= 11 is 1.45. The van der Waals surface area contributed by atoms with Gasteiger partial charge in [0.2, 0.25) is 0 Å². The average Bonchev–Trinajstić information content (AvgIpc) is 2.86. The van der Waals surface area contributed by atoms with Crippen molar-refractivity contribution in [3.63, 3.8) is 0 Å². The van der Waals surface area contributed by atoms with Gasteiger partial charge in [0.05, 0.1) is 10.6 Å². The molecule has 1 N–H and O–H groups in total. The van der Waals surface area contributed by atoms with Gasteiger partial charge in [-0.2, -0.15) is 5.26 Å². The van der Waals surface area contributed by atoms with E-state index in [1.807, 2.05) is 25.2 Å². The third-order valence-corrected chi connectivity index (χ3v) is 3.63. The van der Waals surface area contributed by atoms with E-state index >= 15 is 0 Å². The van der Waals surface area contributed by atoms with Crippen molar-refractivity contribution in [3.8, 4) is 16.6 Å². The van der Waals surface area contributed by atoms with Gasteiger partial charge < -0.3 is 5.32 Å². The molecule has 0 bridgehead atoms. The zero-order valence-corrected chi connectivity index (χ0v) is 12.3. The molecule has 0 amide bonds. The molecule has 0 aliphatic rings. The number of hydrogen-bond donors (Lipinski definition) is 1. The van der Waals surface area contributed by atoms with Crippen molar-refractivity contribution in [2.24, 2.45) is 0 Å². The lowest BCUT2D eigenvalue weighted by molar-refractivity contribution is 0.547. The monoisotopic (exact) mass is 272 g/mol. The Labute approximate surface area is 117 Å². The second-order valence-electron chi connectivity index (χ2n) is 5.24. The van der Waals surface area contributed by atoms with Crippen LogP contribution in [-0.2, 0) is 5.41 Å². The molecule has 0 unspecified atom stereocenters. The lowest BCUT2D eigenvalue weighted by Crippen LogP contribution is -2.17. The highest BCUT2D eigenvalue weighted by Crippen LogP contribution is 2.29. The molecule has 0 atom stereocenters. The van der Waals surface area contributed by atoms with Crippen LogP contribution in [0.5, 0.6) is 0 Å². The van der Waals surface area contributed by atoms with Gasteiger partial charge in [0.15, 0.2) is 0 Å². The summed E-state index contributed by atoms with van der Waals surface area (Å²) in [4.78, 5) is 10.8. The molecule has 0 aliphatic carbocycles. The smallest absolute Gasteiger partial charge is 0.136 e. The maximum Gasteiger partial charge on any atom is 0.136 e. The molecule has 0 spiro atoms. The lowest BCUT2D eigenvalue weighted by Gasteiger charge is -2.18. The average molecular weight is 272 g/mol.